The molecule has 0 fully saturated rings. The molecule has 0 unspecified atom stereocenters. The molecule has 0 saturated carbocycles. The lowest BCUT2D eigenvalue weighted by atomic mass is 10.2. The molecule has 0 saturated heterocycles. The number of hydrogen-bond donors (Lipinski definition) is 0. The molecule has 0 spiro atoms. The SMILES string of the molecule is [c]1csc2c1CC=CC=C2. The van der Waals surface area contributed by atoms with Crippen LogP contribution in [0.1, 0.15) is 10.4 Å². The summed E-state index contributed by atoms with van der Waals surface area (Å²) in [5.41, 5.74) is 1.33. The van der Waals surface area contributed by atoms with Crippen LogP contribution in [0.25, 0.3) is 6.08 Å². The summed E-state index contributed by atoms with van der Waals surface area (Å²) in [5.74, 6) is 0. The highest BCUT2D eigenvalue weighted by molar-refractivity contribution is 7.11. The van der Waals surface area contributed by atoms with E-state index in [2.05, 4.69) is 30.4 Å². The number of fused-ring (bicyclic) bond motifs is 1. The first-order chi connectivity index (χ1) is 4.97. The predicted molar refractivity (Wildman–Crippen MR) is 45.0 cm³/mol. The largest absolute Gasteiger partial charge is 0.143 e. The van der Waals surface area contributed by atoms with Crippen LogP contribution >= 0.6 is 11.3 Å². The van der Waals surface area contributed by atoms with Gasteiger partial charge in [0.15, 0.2) is 0 Å². The van der Waals surface area contributed by atoms with Crippen LogP contribution in [-0.4, -0.2) is 0 Å². The van der Waals surface area contributed by atoms with Gasteiger partial charge in [0.2, 0.25) is 0 Å². The van der Waals surface area contributed by atoms with Crippen LogP contribution < -0.4 is 0 Å². The van der Waals surface area contributed by atoms with Gasteiger partial charge in [-0.1, -0.05) is 18.2 Å². The van der Waals surface area contributed by atoms with Crippen molar-refractivity contribution in [2.45, 2.75) is 6.42 Å². The van der Waals surface area contributed by atoms with Gasteiger partial charge >= 0.3 is 0 Å². The molecule has 1 aromatic rings. The van der Waals surface area contributed by atoms with Crippen LogP contribution in [0.2, 0.25) is 0 Å². The summed E-state index contributed by atoms with van der Waals surface area (Å²) in [7, 11) is 0. The fraction of sp³-hybridized carbons (Fsp3) is 0.111. The molecule has 1 heterocycles. The molecule has 0 nitrogen and oxygen atoms in total. The van der Waals surface area contributed by atoms with E-state index in [-0.39, 0.29) is 0 Å². The second-order valence-corrected chi connectivity index (χ2v) is 3.13. The standard InChI is InChI=1S/C9H7S/c1-2-4-8-6-7-10-9(8)5-3-1/h1-3,5,7H,4H2. The molecule has 1 aliphatic rings. The van der Waals surface area contributed by atoms with Crippen LogP contribution in [0.15, 0.2) is 23.6 Å². The molecular formula is C9H7S. The van der Waals surface area contributed by atoms with Crippen molar-refractivity contribution in [3.63, 3.8) is 0 Å². The molecule has 0 N–H and O–H groups in total. The first-order valence-electron chi connectivity index (χ1n) is 3.28. The number of allylic oxidation sites excluding steroid dienone is 3. The Morgan fingerprint density at radius 1 is 1.40 bits per heavy atom. The summed E-state index contributed by atoms with van der Waals surface area (Å²) in [6, 6.07) is 3.21. The Labute approximate surface area is 64.5 Å². The van der Waals surface area contributed by atoms with E-state index in [1.54, 1.807) is 11.3 Å². The summed E-state index contributed by atoms with van der Waals surface area (Å²) >= 11 is 1.76. The summed E-state index contributed by atoms with van der Waals surface area (Å²) in [6.45, 7) is 0. The van der Waals surface area contributed by atoms with Crippen molar-refractivity contribution in [2.75, 3.05) is 0 Å². The van der Waals surface area contributed by atoms with E-state index in [1.807, 2.05) is 5.38 Å². The summed E-state index contributed by atoms with van der Waals surface area (Å²) < 4.78 is 0. The van der Waals surface area contributed by atoms with Gasteiger partial charge in [-0.2, -0.15) is 0 Å². The fourth-order valence-corrected chi connectivity index (χ4v) is 1.78. The molecular weight excluding hydrogens is 140 g/mol. The lowest BCUT2D eigenvalue weighted by Crippen LogP contribution is -1.76. The summed E-state index contributed by atoms with van der Waals surface area (Å²) in [5, 5.41) is 2.02. The minimum atomic E-state index is 1.03. The molecule has 2 rings (SSSR count). The Bertz CT molecular complexity index is 279. The predicted octanol–water partition coefficient (Wildman–Crippen LogP) is 2.67. The van der Waals surface area contributed by atoms with Crippen LogP contribution in [0.4, 0.5) is 0 Å². The topological polar surface area (TPSA) is 0 Å². The van der Waals surface area contributed by atoms with Crippen molar-refractivity contribution in [1.29, 1.82) is 0 Å². The Hall–Kier alpha value is -0.820. The Morgan fingerprint density at radius 2 is 2.40 bits per heavy atom. The van der Waals surface area contributed by atoms with Gasteiger partial charge in [-0.15, -0.1) is 11.3 Å². The molecule has 0 aliphatic heterocycles. The zero-order valence-electron chi connectivity index (χ0n) is 5.50. The number of hydrogen-bond acceptors (Lipinski definition) is 1. The molecule has 49 valence electrons. The second kappa shape index (κ2) is 2.43. The van der Waals surface area contributed by atoms with Crippen molar-refractivity contribution in [1.82, 2.24) is 0 Å². The van der Waals surface area contributed by atoms with Gasteiger partial charge in [0, 0.05) is 4.88 Å². The lowest BCUT2D eigenvalue weighted by molar-refractivity contribution is 1.29. The van der Waals surface area contributed by atoms with Crippen LogP contribution in [0.3, 0.4) is 0 Å². The Morgan fingerprint density at radius 3 is 3.40 bits per heavy atom. The Balaban J connectivity index is 2.50. The first-order valence-corrected chi connectivity index (χ1v) is 4.16. The minimum Gasteiger partial charge on any atom is -0.143 e. The lowest BCUT2D eigenvalue weighted by Gasteiger charge is -1.88. The van der Waals surface area contributed by atoms with Crippen LogP contribution in [0.5, 0.6) is 0 Å². The minimum absolute atomic E-state index is 1.03. The zero-order chi connectivity index (χ0) is 6.81. The van der Waals surface area contributed by atoms with Gasteiger partial charge in [0.25, 0.3) is 0 Å². The van der Waals surface area contributed by atoms with Gasteiger partial charge in [0.1, 0.15) is 0 Å². The van der Waals surface area contributed by atoms with Crippen molar-refractivity contribution in [2.24, 2.45) is 0 Å². The third-order valence-corrected chi connectivity index (χ3v) is 2.41. The molecule has 1 radical (unpaired) electrons. The highest BCUT2D eigenvalue weighted by Crippen LogP contribution is 2.20. The zero-order valence-corrected chi connectivity index (χ0v) is 6.32. The van der Waals surface area contributed by atoms with Crippen LogP contribution in [-0.2, 0) is 6.42 Å². The third kappa shape index (κ3) is 0.929. The fourth-order valence-electron chi connectivity index (χ4n) is 1.01. The molecule has 1 heteroatoms. The van der Waals surface area contributed by atoms with E-state index in [0.29, 0.717) is 0 Å². The molecule has 1 aromatic heterocycles. The van der Waals surface area contributed by atoms with E-state index < -0.39 is 0 Å². The quantitative estimate of drug-likeness (QED) is 0.529. The monoisotopic (exact) mass is 147 g/mol. The van der Waals surface area contributed by atoms with Crippen LogP contribution in [0, 0.1) is 6.07 Å². The van der Waals surface area contributed by atoms with Gasteiger partial charge in [0.05, 0.1) is 0 Å². The average molecular weight is 147 g/mol. The van der Waals surface area contributed by atoms with Crippen molar-refractivity contribution < 1.29 is 0 Å². The van der Waals surface area contributed by atoms with Crippen molar-refractivity contribution in [3.8, 4) is 0 Å². The van der Waals surface area contributed by atoms with E-state index in [0.717, 1.165) is 6.42 Å². The normalized spacial score (nSPS) is 14.8. The number of rotatable bonds is 0. The average Bonchev–Trinajstić information content (AvgIpc) is 2.28. The second-order valence-electron chi connectivity index (χ2n) is 2.21. The highest BCUT2D eigenvalue weighted by atomic mass is 32.1. The maximum atomic E-state index is 3.21. The van der Waals surface area contributed by atoms with E-state index in [4.69, 9.17) is 0 Å². The molecule has 0 aromatic carbocycles. The van der Waals surface area contributed by atoms with Gasteiger partial charge in [-0.3, -0.25) is 0 Å². The molecule has 10 heavy (non-hydrogen) atoms. The smallest absolute Gasteiger partial charge is 0.0311 e. The maximum absolute atomic E-state index is 3.21. The summed E-state index contributed by atoms with van der Waals surface area (Å²) in [6.07, 6.45) is 9.49. The molecule has 1 aliphatic carbocycles. The maximum Gasteiger partial charge on any atom is 0.0311 e. The molecule has 0 amide bonds. The molecule has 0 bridgehead atoms. The van der Waals surface area contributed by atoms with E-state index in [1.165, 1.54) is 10.4 Å². The van der Waals surface area contributed by atoms with E-state index >= 15 is 0 Å². The van der Waals surface area contributed by atoms with E-state index in [9.17, 15) is 0 Å². The van der Waals surface area contributed by atoms with Crippen molar-refractivity contribution >= 4 is 17.4 Å². The van der Waals surface area contributed by atoms with Gasteiger partial charge in [-0.05, 0) is 29.5 Å². The Kier molecular flexibility index (Phi) is 1.44. The molecule has 0 atom stereocenters. The highest BCUT2D eigenvalue weighted by Gasteiger charge is 1.99. The van der Waals surface area contributed by atoms with Gasteiger partial charge < -0.3 is 0 Å². The van der Waals surface area contributed by atoms with Crippen molar-refractivity contribution in [3.05, 3.63) is 40.1 Å². The number of thiophene rings is 1. The third-order valence-electron chi connectivity index (χ3n) is 1.53. The summed E-state index contributed by atoms with van der Waals surface area (Å²) in [4.78, 5) is 1.35. The first kappa shape index (κ1) is 5.93. The van der Waals surface area contributed by atoms with Gasteiger partial charge in [-0.25, -0.2) is 0 Å².